The molecular weight excluding hydrogens is 623 g/mol. The summed E-state index contributed by atoms with van der Waals surface area (Å²) in [5.74, 6) is -1.09. The van der Waals surface area contributed by atoms with E-state index in [1.165, 1.54) is 30.5 Å². The van der Waals surface area contributed by atoms with E-state index in [0.29, 0.717) is 23.0 Å². The smallest absolute Gasteiger partial charge is 0.347 e. The van der Waals surface area contributed by atoms with E-state index in [4.69, 9.17) is 27.4 Å². The van der Waals surface area contributed by atoms with Crippen LogP contribution in [0, 0.1) is 23.0 Å². The van der Waals surface area contributed by atoms with Crippen LogP contribution in [0.4, 0.5) is 17.2 Å². The summed E-state index contributed by atoms with van der Waals surface area (Å²) in [6.07, 6.45) is 3.09. The highest BCUT2D eigenvalue weighted by atomic mass is 35.5. The van der Waals surface area contributed by atoms with E-state index in [-0.39, 0.29) is 28.5 Å². The Hall–Kier alpha value is -4.27. The normalized spacial score (nSPS) is 16.4. The lowest BCUT2D eigenvalue weighted by Crippen LogP contribution is -2.40. The summed E-state index contributed by atoms with van der Waals surface area (Å²) >= 11 is 12.6. The number of nitrogens with one attached hydrogen (secondary N) is 2. The van der Waals surface area contributed by atoms with Crippen LogP contribution in [0.15, 0.2) is 64.7 Å². The number of amides is 2. The van der Waals surface area contributed by atoms with Gasteiger partial charge in [0.15, 0.2) is 10.7 Å². The number of aromatic nitrogens is 1. The number of halogens is 2. The van der Waals surface area contributed by atoms with Crippen LogP contribution in [0.1, 0.15) is 35.2 Å². The minimum Gasteiger partial charge on any atom is -0.361 e. The summed E-state index contributed by atoms with van der Waals surface area (Å²) < 4.78 is 31.4. The first-order valence-electron chi connectivity index (χ1n) is 13.0. The summed E-state index contributed by atoms with van der Waals surface area (Å²) in [4.78, 5) is 40.9. The average molecular weight is 647 g/mol. The summed E-state index contributed by atoms with van der Waals surface area (Å²) in [5.41, 5.74) is 0.173. The number of nitrogens with zero attached hydrogens (tertiary/aromatic N) is 4. The molecule has 1 saturated carbocycles. The Morgan fingerprint density at radius 1 is 1.16 bits per heavy atom. The quantitative estimate of drug-likeness (QED) is 0.190. The van der Waals surface area contributed by atoms with Crippen molar-refractivity contribution in [1.82, 2.24) is 10.3 Å². The topological polar surface area (TPSA) is 173 Å². The van der Waals surface area contributed by atoms with Crippen molar-refractivity contribution in [1.29, 1.82) is 0 Å². The molecule has 13 nitrogen and oxygen atoms in total. The Balaban J connectivity index is 1.45. The van der Waals surface area contributed by atoms with Gasteiger partial charge in [-0.1, -0.05) is 35.3 Å². The van der Waals surface area contributed by atoms with Crippen molar-refractivity contribution in [3.8, 4) is 0 Å². The third-order valence-electron chi connectivity index (χ3n) is 6.72. The van der Waals surface area contributed by atoms with E-state index >= 15 is 0 Å². The van der Waals surface area contributed by atoms with Gasteiger partial charge in [-0.15, -0.1) is 5.10 Å². The SMILES string of the molecule is Cc1cc(Cl)cc(C(=O)NCC2CC2)c1NC(=O)C1CC(OS(=O)(=O)c2ccccc2[N+](=O)[O-])=NN1c1ncccc1Cl. The molecule has 0 saturated heterocycles. The largest absolute Gasteiger partial charge is 0.361 e. The van der Waals surface area contributed by atoms with Gasteiger partial charge in [0.1, 0.15) is 6.04 Å². The Bertz CT molecular complexity index is 1760. The molecule has 5 rings (SSSR count). The standard InChI is InChI=1S/C27H24Cl2N6O7S/c1-15-11-17(28)12-18(26(36)31-14-16-8-9-16)24(15)32-27(37)21-13-23(33-34(21)25-19(29)5-4-10-30-25)42-43(40,41)22-7-3-2-6-20(22)35(38)39/h2-7,10-12,16,21H,8-9,13-14H2,1H3,(H,31,36)(H,32,37). The van der Waals surface area contributed by atoms with Gasteiger partial charge in [-0.3, -0.25) is 19.7 Å². The monoisotopic (exact) mass is 646 g/mol. The predicted molar refractivity (Wildman–Crippen MR) is 159 cm³/mol. The van der Waals surface area contributed by atoms with E-state index in [2.05, 4.69) is 20.7 Å². The third-order valence-corrected chi connectivity index (χ3v) is 8.53. The molecule has 2 heterocycles. The van der Waals surface area contributed by atoms with Crippen LogP contribution < -0.4 is 15.6 Å². The van der Waals surface area contributed by atoms with Crippen molar-refractivity contribution in [2.45, 2.75) is 37.1 Å². The molecular formula is C27H24Cl2N6O7S. The number of hydrazone groups is 1. The molecule has 2 amide bonds. The Kier molecular flexibility index (Phi) is 8.53. The highest BCUT2D eigenvalue weighted by molar-refractivity contribution is 7.87. The molecule has 1 aliphatic heterocycles. The molecule has 16 heteroatoms. The maximum absolute atomic E-state index is 13.8. The van der Waals surface area contributed by atoms with Crippen LogP contribution in [-0.4, -0.2) is 48.6 Å². The first-order chi connectivity index (χ1) is 20.4. The molecule has 1 aromatic heterocycles. The van der Waals surface area contributed by atoms with Crippen LogP contribution in [0.25, 0.3) is 0 Å². The minimum absolute atomic E-state index is 0.0289. The molecule has 43 heavy (non-hydrogen) atoms. The van der Waals surface area contributed by atoms with Gasteiger partial charge < -0.3 is 14.8 Å². The number of nitro benzene ring substituents is 1. The van der Waals surface area contributed by atoms with Gasteiger partial charge in [0.05, 0.1) is 27.6 Å². The molecule has 3 aromatic rings. The summed E-state index contributed by atoms with van der Waals surface area (Å²) in [6.45, 7) is 2.17. The lowest BCUT2D eigenvalue weighted by Gasteiger charge is -2.23. The van der Waals surface area contributed by atoms with Crippen LogP contribution in [0.5, 0.6) is 0 Å². The first kappa shape index (κ1) is 30.2. The molecule has 224 valence electrons. The summed E-state index contributed by atoms with van der Waals surface area (Å²) in [5, 5.41) is 22.7. The summed E-state index contributed by atoms with van der Waals surface area (Å²) in [7, 11) is -4.73. The van der Waals surface area contributed by atoms with Crippen LogP contribution in [0.3, 0.4) is 0 Å². The van der Waals surface area contributed by atoms with E-state index in [1.807, 2.05) is 0 Å². The van der Waals surface area contributed by atoms with Crippen molar-refractivity contribution < 1.29 is 27.1 Å². The number of carbonyl (C=O) groups is 2. The van der Waals surface area contributed by atoms with Gasteiger partial charge in [-0.2, -0.15) is 8.42 Å². The second-order valence-corrected chi connectivity index (χ2v) is 12.3. The van der Waals surface area contributed by atoms with Gasteiger partial charge in [0, 0.05) is 23.8 Å². The molecule has 1 aliphatic carbocycles. The zero-order chi connectivity index (χ0) is 30.9. The number of rotatable bonds is 9. The maximum atomic E-state index is 13.8. The number of carbonyl (C=O) groups excluding carboxylic acids is 2. The second kappa shape index (κ2) is 12.1. The Labute approximate surface area is 256 Å². The fourth-order valence-corrected chi connectivity index (χ4v) is 5.99. The van der Waals surface area contributed by atoms with Crippen LogP contribution >= 0.6 is 23.2 Å². The molecule has 0 spiro atoms. The zero-order valence-electron chi connectivity index (χ0n) is 22.5. The van der Waals surface area contributed by atoms with Gasteiger partial charge in [-0.25, -0.2) is 9.99 Å². The van der Waals surface area contributed by atoms with Gasteiger partial charge in [0.2, 0.25) is 11.8 Å². The van der Waals surface area contributed by atoms with E-state index in [9.17, 15) is 28.1 Å². The molecule has 2 aliphatic rings. The van der Waals surface area contributed by atoms with Gasteiger partial charge >= 0.3 is 10.1 Å². The van der Waals surface area contributed by atoms with Gasteiger partial charge in [0.25, 0.3) is 11.6 Å². The van der Waals surface area contributed by atoms with Crippen molar-refractivity contribution in [2.24, 2.45) is 11.0 Å². The third kappa shape index (κ3) is 6.71. The van der Waals surface area contributed by atoms with Gasteiger partial charge in [-0.05, 0) is 61.6 Å². The van der Waals surface area contributed by atoms with Crippen LogP contribution in [-0.2, 0) is 19.1 Å². The van der Waals surface area contributed by atoms with Crippen molar-refractivity contribution in [3.05, 3.63) is 86.0 Å². The van der Waals surface area contributed by atoms with Crippen molar-refractivity contribution in [3.63, 3.8) is 0 Å². The molecule has 2 N–H and O–H groups in total. The maximum Gasteiger partial charge on any atom is 0.347 e. The number of nitro groups is 1. The lowest BCUT2D eigenvalue weighted by molar-refractivity contribution is -0.387. The van der Waals surface area contributed by atoms with Crippen molar-refractivity contribution in [2.75, 3.05) is 16.9 Å². The number of hydrogen-bond donors (Lipinski definition) is 2. The lowest BCUT2D eigenvalue weighted by atomic mass is 10.1. The van der Waals surface area contributed by atoms with Crippen molar-refractivity contribution >= 4 is 68.2 Å². The molecule has 1 fully saturated rings. The number of para-hydroxylation sites is 1. The van der Waals surface area contributed by atoms with E-state index in [1.54, 1.807) is 19.1 Å². The highest BCUT2D eigenvalue weighted by Gasteiger charge is 2.40. The number of aryl methyl sites for hydroxylation is 1. The molecule has 1 unspecified atom stereocenters. The fraction of sp³-hybridized carbons (Fsp3) is 0.259. The van der Waals surface area contributed by atoms with E-state index in [0.717, 1.165) is 30.0 Å². The number of pyridine rings is 1. The number of hydrogen-bond acceptors (Lipinski definition) is 10. The molecule has 0 bridgehead atoms. The average Bonchev–Trinajstić information content (AvgIpc) is 3.71. The fourth-order valence-electron chi connectivity index (χ4n) is 4.42. The second-order valence-electron chi connectivity index (χ2n) is 9.92. The van der Waals surface area contributed by atoms with E-state index < -0.39 is 49.4 Å². The number of anilines is 2. The first-order valence-corrected chi connectivity index (χ1v) is 15.2. The molecule has 1 atom stereocenters. The highest BCUT2D eigenvalue weighted by Crippen LogP contribution is 2.33. The number of benzene rings is 2. The minimum atomic E-state index is -4.73. The Morgan fingerprint density at radius 2 is 1.91 bits per heavy atom. The zero-order valence-corrected chi connectivity index (χ0v) is 24.8. The Morgan fingerprint density at radius 3 is 2.60 bits per heavy atom. The van der Waals surface area contributed by atoms with Crippen LogP contribution in [0.2, 0.25) is 10.0 Å². The predicted octanol–water partition coefficient (Wildman–Crippen LogP) is 4.68. The molecule has 0 radical (unpaired) electrons. The summed E-state index contributed by atoms with van der Waals surface area (Å²) in [6, 6.07) is 9.53. The molecule has 2 aromatic carbocycles.